The van der Waals surface area contributed by atoms with Gasteiger partial charge >= 0.3 is 0 Å². The summed E-state index contributed by atoms with van der Waals surface area (Å²) in [6, 6.07) is 8.34. The molecule has 1 aliphatic rings. The first kappa shape index (κ1) is 18.0. The van der Waals surface area contributed by atoms with Crippen molar-refractivity contribution in [2.24, 2.45) is 5.92 Å². The van der Waals surface area contributed by atoms with Gasteiger partial charge in [0.15, 0.2) is 0 Å². The number of likely N-dealkylation sites (tertiary alicyclic amines) is 1. The molecule has 0 bridgehead atoms. The number of rotatable bonds is 6. The summed E-state index contributed by atoms with van der Waals surface area (Å²) in [4.78, 5) is 2.43. The van der Waals surface area contributed by atoms with Crippen molar-refractivity contribution < 1.29 is 9.84 Å². The molecule has 0 spiro atoms. The van der Waals surface area contributed by atoms with Crippen molar-refractivity contribution in [3.63, 3.8) is 0 Å². The van der Waals surface area contributed by atoms with Gasteiger partial charge in [-0.1, -0.05) is 32.9 Å². The third kappa shape index (κ3) is 6.49. The fraction of sp³-hybridized carbons (Fsp3) is 0.667. The molecule has 0 radical (unpaired) electrons. The monoisotopic (exact) mass is 293 g/mol. The third-order valence-electron chi connectivity index (χ3n) is 3.95. The van der Waals surface area contributed by atoms with Gasteiger partial charge in [0.2, 0.25) is 0 Å². The molecule has 0 aromatic heterocycles. The second-order valence-corrected chi connectivity index (χ2v) is 5.32. The molecule has 1 N–H and O–H groups in total. The summed E-state index contributed by atoms with van der Waals surface area (Å²) in [5, 5.41) is 9.11. The lowest BCUT2D eigenvalue weighted by molar-refractivity contribution is 0.118. The van der Waals surface area contributed by atoms with Crippen LogP contribution in [0.5, 0.6) is 5.75 Å². The summed E-state index contributed by atoms with van der Waals surface area (Å²) in [6.07, 6.45) is 3.27. The molecule has 21 heavy (non-hydrogen) atoms. The maximum Gasteiger partial charge on any atom is 0.119 e. The van der Waals surface area contributed by atoms with Crippen LogP contribution in [0.2, 0.25) is 0 Å². The number of piperidine rings is 1. The Balaban J connectivity index is 0.00000106. The van der Waals surface area contributed by atoms with Crippen molar-refractivity contribution in [2.45, 2.75) is 40.0 Å². The molecule has 1 fully saturated rings. The number of hydrogen-bond donors (Lipinski definition) is 1. The van der Waals surface area contributed by atoms with Gasteiger partial charge in [-0.05, 0) is 56.0 Å². The fourth-order valence-corrected chi connectivity index (χ4v) is 2.54. The number of benzene rings is 1. The van der Waals surface area contributed by atoms with Gasteiger partial charge in [-0.15, -0.1) is 0 Å². The Hall–Kier alpha value is -1.06. The summed E-state index contributed by atoms with van der Waals surface area (Å²) in [5.74, 6) is 1.49. The van der Waals surface area contributed by atoms with Gasteiger partial charge in [-0.25, -0.2) is 0 Å². The topological polar surface area (TPSA) is 32.7 Å². The maximum absolute atomic E-state index is 9.11. The van der Waals surface area contributed by atoms with Crippen LogP contribution in [0.4, 0.5) is 0 Å². The average molecular weight is 293 g/mol. The molecule has 0 amide bonds. The van der Waals surface area contributed by atoms with Crippen LogP contribution in [0.1, 0.15) is 39.2 Å². The summed E-state index contributed by atoms with van der Waals surface area (Å²) in [7, 11) is 0. The van der Waals surface area contributed by atoms with Gasteiger partial charge in [0.1, 0.15) is 12.4 Å². The van der Waals surface area contributed by atoms with Crippen LogP contribution in [0.25, 0.3) is 0 Å². The summed E-state index contributed by atoms with van der Waals surface area (Å²) >= 11 is 0. The fourth-order valence-electron chi connectivity index (χ4n) is 2.54. The first-order valence-corrected chi connectivity index (χ1v) is 8.36. The highest BCUT2D eigenvalue weighted by molar-refractivity contribution is 5.28. The molecular weight excluding hydrogens is 262 g/mol. The summed E-state index contributed by atoms with van der Waals surface area (Å²) in [5.41, 5.74) is 1.32. The second kappa shape index (κ2) is 10.6. The van der Waals surface area contributed by atoms with Crippen molar-refractivity contribution in [2.75, 3.05) is 32.8 Å². The molecule has 0 saturated carbocycles. The first-order valence-electron chi connectivity index (χ1n) is 8.36. The van der Waals surface area contributed by atoms with Crippen LogP contribution in [-0.4, -0.2) is 42.9 Å². The van der Waals surface area contributed by atoms with Crippen molar-refractivity contribution >= 4 is 0 Å². The number of aliphatic hydroxyl groups is 1. The highest BCUT2D eigenvalue weighted by atomic mass is 16.5. The zero-order valence-electron chi connectivity index (χ0n) is 13.8. The molecule has 0 aliphatic carbocycles. The lowest BCUT2D eigenvalue weighted by Crippen LogP contribution is -2.37. The zero-order valence-corrected chi connectivity index (χ0v) is 13.8. The minimum absolute atomic E-state index is 0.341. The summed E-state index contributed by atoms with van der Waals surface area (Å²) in [6.45, 7) is 10.4. The van der Waals surface area contributed by atoms with E-state index in [1.165, 1.54) is 5.56 Å². The molecule has 0 unspecified atom stereocenters. The van der Waals surface area contributed by atoms with E-state index < -0.39 is 0 Å². The minimum atomic E-state index is 0.341. The van der Waals surface area contributed by atoms with Crippen LogP contribution in [0.3, 0.4) is 0 Å². The number of hydrogen-bond acceptors (Lipinski definition) is 3. The summed E-state index contributed by atoms with van der Waals surface area (Å²) < 4.78 is 5.81. The van der Waals surface area contributed by atoms with Crippen molar-refractivity contribution in [1.82, 2.24) is 4.90 Å². The van der Waals surface area contributed by atoms with Crippen LogP contribution in [-0.2, 0) is 6.42 Å². The van der Waals surface area contributed by atoms with Gasteiger partial charge in [-0.2, -0.15) is 0 Å². The van der Waals surface area contributed by atoms with Gasteiger partial charge in [0, 0.05) is 13.2 Å². The molecule has 1 aromatic rings. The Labute approximate surface area is 129 Å². The Morgan fingerprint density at radius 2 is 1.95 bits per heavy atom. The van der Waals surface area contributed by atoms with E-state index in [2.05, 4.69) is 30.0 Å². The Bertz CT molecular complexity index is 373. The zero-order chi connectivity index (χ0) is 15.5. The normalized spacial score (nSPS) is 16.2. The number of ether oxygens (including phenoxy) is 1. The SMILES string of the molecule is CC.CCc1cccc(OCCN2CCC(CO)CC2)c1. The number of nitrogens with zero attached hydrogens (tertiary/aromatic N) is 1. The predicted molar refractivity (Wildman–Crippen MR) is 88.9 cm³/mol. The lowest BCUT2D eigenvalue weighted by Gasteiger charge is -2.30. The third-order valence-corrected chi connectivity index (χ3v) is 3.95. The van der Waals surface area contributed by atoms with Crippen molar-refractivity contribution in [3.8, 4) is 5.75 Å². The van der Waals surface area contributed by atoms with Gasteiger partial charge < -0.3 is 9.84 Å². The van der Waals surface area contributed by atoms with E-state index in [0.717, 1.165) is 51.3 Å². The molecular formula is C18H31NO2. The Morgan fingerprint density at radius 1 is 1.24 bits per heavy atom. The molecule has 0 atom stereocenters. The van der Waals surface area contributed by atoms with Crippen LogP contribution in [0, 0.1) is 5.92 Å². The molecule has 120 valence electrons. The largest absolute Gasteiger partial charge is 0.492 e. The Kier molecular flexibility index (Phi) is 9.11. The lowest BCUT2D eigenvalue weighted by atomic mass is 9.98. The standard InChI is InChI=1S/C16H25NO2.C2H6/c1-2-14-4-3-5-16(12-14)19-11-10-17-8-6-15(13-18)7-9-17;1-2/h3-5,12,15,18H,2,6-11,13H2,1H3;1-2H3. The average Bonchev–Trinajstić information content (AvgIpc) is 2.57. The predicted octanol–water partition coefficient (Wildman–Crippen LogP) is 3.36. The molecule has 1 aliphatic heterocycles. The molecule has 1 heterocycles. The molecule has 2 rings (SSSR count). The maximum atomic E-state index is 9.11. The van der Waals surface area contributed by atoms with Crippen molar-refractivity contribution in [1.29, 1.82) is 0 Å². The van der Waals surface area contributed by atoms with Gasteiger partial charge in [0.05, 0.1) is 0 Å². The van der Waals surface area contributed by atoms with Crippen LogP contribution in [0.15, 0.2) is 24.3 Å². The molecule has 3 nitrogen and oxygen atoms in total. The second-order valence-electron chi connectivity index (χ2n) is 5.32. The first-order chi connectivity index (χ1) is 10.3. The van der Waals surface area contributed by atoms with Gasteiger partial charge in [0.25, 0.3) is 0 Å². The van der Waals surface area contributed by atoms with E-state index in [0.29, 0.717) is 12.5 Å². The highest BCUT2D eigenvalue weighted by Crippen LogP contribution is 2.17. The molecule has 1 saturated heterocycles. The van der Waals surface area contributed by atoms with E-state index in [-0.39, 0.29) is 0 Å². The molecule has 3 heteroatoms. The Morgan fingerprint density at radius 3 is 2.57 bits per heavy atom. The van der Waals surface area contributed by atoms with E-state index in [1.807, 2.05) is 19.9 Å². The van der Waals surface area contributed by atoms with Crippen LogP contribution >= 0.6 is 0 Å². The van der Waals surface area contributed by atoms with E-state index in [1.54, 1.807) is 0 Å². The van der Waals surface area contributed by atoms with Crippen LogP contribution < -0.4 is 4.74 Å². The van der Waals surface area contributed by atoms with Gasteiger partial charge in [-0.3, -0.25) is 4.90 Å². The van der Waals surface area contributed by atoms with Crippen molar-refractivity contribution in [3.05, 3.63) is 29.8 Å². The smallest absolute Gasteiger partial charge is 0.119 e. The minimum Gasteiger partial charge on any atom is -0.492 e. The highest BCUT2D eigenvalue weighted by Gasteiger charge is 2.17. The quantitative estimate of drug-likeness (QED) is 0.873. The number of aryl methyl sites for hydroxylation is 1. The molecule has 1 aromatic carbocycles. The van der Waals surface area contributed by atoms with E-state index in [4.69, 9.17) is 9.84 Å². The van der Waals surface area contributed by atoms with E-state index >= 15 is 0 Å². The van der Waals surface area contributed by atoms with E-state index in [9.17, 15) is 0 Å². The number of aliphatic hydroxyl groups excluding tert-OH is 1.